The quantitative estimate of drug-likeness (QED) is 0.767. The second kappa shape index (κ2) is 5.31. The normalized spacial score (nSPS) is 55.9. The standard InChI is InChI=1S/C21H34O2/c1-4-13-6-9-16-15-8-5-14-7-10-18(22)19(23)21(14,3)17(15)11-12-20(13,16)2/h13-18,22H,4-12H2,1-3H3/t13-,14-,15-,16-,17-,18?,20+,21-/m0/s1. The summed E-state index contributed by atoms with van der Waals surface area (Å²) < 4.78 is 0. The van der Waals surface area contributed by atoms with Gasteiger partial charge in [-0.1, -0.05) is 27.2 Å². The molecule has 2 heteroatoms. The highest BCUT2D eigenvalue weighted by atomic mass is 16.3. The largest absolute Gasteiger partial charge is 0.385 e. The maximum Gasteiger partial charge on any atom is 0.167 e. The molecular weight excluding hydrogens is 284 g/mol. The van der Waals surface area contributed by atoms with E-state index in [1.807, 2.05) is 0 Å². The molecule has 4 aliphatic rings. The Hall–Kier alpha value is -0.370. The van der Waals surface area contributed by atoms with Crippen molar-refractivity contribution in [2.45, 2.75) is 84.7 Å². The summed E-state index contributed by atoms with van der Waals surface area (Å²) in [5.74, 6) is 3.73. The molecule has 0 saturated heterocycles. The van der Waals surface area contributed by atoms with Gasteiger partial charge in [0.15, 0.2) is 5.78 Å². The number of carbonyl (C=O) groups excluding carboxylic acids is 1. The van der Waals surface area contributed by atoms with Gasteiger partial charge in [0.2, 0.25) is 0 Å². The van der Waals surface area contributed by atoms with Crippen LogP contribution in [-0.2, 0) is 4.79 Å². The Morgan fingerprint density at radius 3 is 2.48 bits per heavy atom. The third-order valence-corrected chi connectivity index (χ3v) is 9.22. The van der Waals surface area contributed by atoms with Crippen molar-refractivity contribution in [1.82, 2.24) is 0 Å². The van der Waals surface area contributed by atoms with Gasteiger partial charge in [-0.05, 0) is 86.4 Å². The number of hydrogen-bond acceptors (Lipinski definition) is 2. The number of fused-ring (bicyclic) bond motifs is 5. The molecule has 4 rings (SSSR count). The molecule has 0 heterocycles. The van der Waals surface area contributed by atoms with E-state index in [1.54, 1.807) is 0 Å². The van der Waals surface area contributed by atoms with Crippen LogP contribution in [0.25, 0.3) is 0 Å². The number of rotatable bonds is 1. The molecule has 0 aromatic rings. The van der Waals surface area contributed by atoms with E-state index in [4.69, 9.17) is 0 Å². The fourth-order valence-electron chi connectivity index (χ4n) is 7.89. The number of hydrogen-bond donors (Lipinski definition) is 1. The van der Waals surface area contributed by atoms with E-state index in [9.17, 15) is 9.90 Å². The molecule has 2 nitrogen and oxygen atoms in total. The zero-order chi connectivity index (χ0) is 16.4. The second-order valence-electron chi connectivity index (χ2n) is 9.62. The highest BCUT2D eigenvalue weighted by Gasteiger charge is 2.62. The molecule has 4 fully saturated rings. The zero-order valence-corrected chi connectivity index (χ0v) is 15.2. The van der Waals surface area contributed by atoms with Crippen molar-refractivity contribution in [2.75, 3.05) is 0 Å². The number of Topliss-reactive ketones (excluding diaryl/α,β-unsaturated/α-hetero) is 1. The highest BCUT2D eigenvalue weighted by Crippen LogP contribution is 2.67. The van der Waals surface area contributed by atoms with Crippen LogP contribution in [0, 0.1) is 40.4 Å². The van der Waals surface area contributed by atoms with Gasteiger partial charge in [-0.3, -0.25) is 4.79 Å². The Bertz CT molecular complexity index is 500. The lowest BCUT2D eigenvalue weighted by Crippen LogP contribution is -2.58. The van der Waals surface area contributed by atoms with Crippen molar-refractivity contribution < 1.29 is 9.90 Å². The summed E-state index contributed by atoms with van der Waals surface area (Å²) in [6, 6.07) is 0. The van der Waals surface area contributed by atoms with Crippen LogP contribution in [-0.4, -0.2) is 17.0 Å². The minimum absolute atomic E-state index is 0.192. The smallest absolute Gasteiger partial charge is 0.167 e. The third-order valence-electron chi connectivity index (χ3n) is 9.22. The maximum atomic E-state index is 13.0. The molecule has 23 heavy (non-hydrogen) atoms. The minimum Gasteiger partial charge on any atom is -0.385 e. The molecule has 0 amide bonds. The molecule has 1 unspecified atom stereocenters. The molecule has 0 radical (unpaired) electrons. The van der Waals surface area contributed by atoms with E-state index in [0.29, 0.717) is 23.7 Å². The molecule has 8 atom stereocenters. The molecular formula is C21H34O2. The van der Waals surface area contributed by atoms with Crippen LogP contribution in [0.1, 0.15) is 78.6 Å². The van der Waals surface area contributed by atoms with Gasteiger partial charge >= 0.3 is 0 Å². The first kappa shape index (κ1) is 16.1. The summed E-state index contributed by atoms with van der Waals surface area (Å²) in [6.07, 6.45) is 10.3. The summed E-state index contributed by atoms with van der Waals surface area (Å²) in [7, 11) is 0. The predicted octanol–water partition coefficient (Wildman–Crippen LogP) is 4.60. The van der Waals surface area contributed by atoms with Crippen molar-refractivity contribution in [1.29, 1.82) is 0 Å². The Balaban J connectivity index is 1.67. The summed E-state index contributed by atoms with van der Waals surface area (Å²) in [6.45, 7) is 7.15. The fraction of sp³-hybridized carbons (Fsp3) is 0.952. The van der Waals surface area contributed by atoms with Crippen molar-refractivity contribution >= 4 is 5.78 Å². The lowest BCUT2D eigenvalue weighted by Gasteiger charge is -2.60. The number of carbonyl (C=O) groups is 1. The van der Waals surface area contributed by atoms with Crippen LogP contribution in [0.15, 0.2) is 0 Å². The molecule has 130 valence electrons. The third kappa shape index (κ3) is 2.00. The number of aliphatic hydroxyl groups excluding tert-OH is 1. The predicted molar refractivity (Wildman–Crippen MR) is 91.9 cm³/mol. The summed E-state index contributed by atoms with van der Waals surface area (Å²) in [5.41, 5.74) is 0.293. The van der Waals surface area contributed by atoms with Crippen LogP contribution in [0.3, 0.4) is 0 Å². The van der Waals surface area contributed by atoms with Gasteiger partial charge in [0.05, 0.1) is 0 Å². The van der Waals surface area contributed by atoms with E-state index < -0.39 is 6.10 Å². The molecule has 4 aliphatic carbocycles. The first-order valence-electron chi connectivity index (χ1n) is 10.1. The second-order valence-corrected chi connectivity index (χ2v) is 9.62. The number of aliphatic hydroxyl groups is 1. The molecule has 0 bridgehead atoms. The highest BCUT2D eigenvalue weighted by molar-refractivity contribution is 5.90. The van der Waals surface area contributed by atoms with Gasteiger partial charge in [0, 0.05) is 5.41 Å². The topological polar surface area (TPSA) is 37.3 Å². The minimum atomic E-state index is -0.685. The summed E-state index contributed by atoms with van der Waals surface area (Å²) in [4.78, 5) is 13.0. The van der Waals surface area contributed by atoms with Gasteiger partial charge < -0.3 is 5.11 Å². The Labute approximate surface area is 141 Å². The van der Waals surface area contributed by atoms with Gasteiger partial charge in [-0.15, -0.1) is 0 Å². The molecule has 0 aromatic carbocycles. The lowest BCUT2D eigenvalue weighted by molar-refractivity contribution is -0.166. The summed E-state index contributed by atoms with van der Waals surface area (Å²) >= 11 is 0. The van der Waals surface area contributed by atoms with Crippen LogP contribution >= 0.6 is 0 Å². The maximum absolute atomic E-state index is 13.0. The molecule has 0 aliphatic heterocycles. The average Bonchev–Trinajstić information content (AvgIpc) is 2.88. The first-order chi connectivity index (χ1) is 10.9. The fourth-order valence-corrected chi connectivity index (χ4v) is 7.89. The zero-order valence-electron chi connectivity index (χ0n) is 15.2. The molecule has 0 spiro atoms. The van der Waals surface area contributed by atoms with E-state index in [1.165, 1.54) is 44.9 Å². The molecule has 1 N–H and O–H groups in total. The van der Waals surface area contributed by atoms with E-state index >= 15 is 0 Å². The molecule has 0 aromatic heterocycles. The van der Waals surface area contributed by atoms with Gasteiger partial charge in [-0.2, -0.15) is 0 Å². The SMILES string of the molecule is CC[C@H]1CC[C@H]2[C@@H]3CC[C@H]4CCC(O)C(=O)[C@]4(C)[C@H]3CC[C@]12C. The van der Waals surface area contributed by atoms with Crippen molar-refractivity contribution in [3.63, 3.8) is 0 Å². The van der Waals surface area contributed by atoms with Crippen LogP contribution < -0.4 is 0 Å². The van der Waals surface area contributed by atoms with Gasteiger partial charge in [0.25, 0.3) is 0 Å². The average molecular weight is 319 g/mol. The van der Waals surface area contributed by atoms with Crippen molar-refractivity contribution in [2.24, 2.45) is 40.4 Å². The summed E-state index contributed by atoms with van der Waals surface area (Å²) in [5, 5.41) is 10.2. The van der Waals surface area contributed by atoms with E-state index in [0.717, 1.165) is 24.2 Å². The number of ketones is 1. The van der Waals surface area contributed by atoms with Gasteiger partial charge in [0.1, 0.15) is 6.10 Å². The van der Waals surface area contributed by atoms with Crippen LogP contribution in [0.2, 0.25) is 0 Å². The van der Waals surface area contributed by atoms with Crippen LogP contribution in [0.4, 0.5) is 0 Å². The van der Waals surface area contributed by atoms with Crippen LogP contribution in [0.5, 0.6) is 0 Å². The Morgan fingerprint density at radius 2 is 1.74 bits per heavy atom. The van der Waals surface area contributed by atoms with E-state index in [2.05, 4.69) is 20.8 Å². The first-order valence-corrected chi connectivity index (χ1v) is 10.1. The molecule has 4 saturated carbocycles. The Morgan fingerprint density at radius 1 is 1.00 bits per heavy atom. The van der Waals surface area contributed by atoms with Crippen molar-refractivity contribution in [3.8, 4) is 0 Å². The Kier molecular flexibility index (Phi) is 3.72. The van der Waals surface area contributed by atoms with E-state index in [-0.39, 0.29) is 11.2 Å². The van der Waals surface area contributed by atoms with Gasteiger partial charge in [-0.25, -0.2) is 0 Å². The monoisotopic (exact) mass is 318 g/mol. The van der Waals surface area contributed by atoms with Crippen molar-refractivity contribution in [3.05, 3.63) is 0 Å². The lowest BCUT2D eigenvalue weighted by atomic mass is 9.44.